The summed E-state index contributed by atoms with van der Waals surface area (Å²) in [5.74, 6) is 0.586. The molecule has 1 saturated carbocycles. The lowest BCUT2D eigenvalue weighted by Crippen LogP contribution is -2.53. The van der Waals surface area contributed by atoms with Crippen molar-refractivity contribution in [2.24, 2.45) is 0 Å². The molecule has 1 N–H and O–H groups in total. The van der Waals surface area contributed by atoms with E-state index in [0.717, 1.165) is 45.4 Å². The van der Waals surface area contributed by atoms with Crippen LogP contribution < -0.4 is 0 Å². The molecule has 0 radical (unpaired) electrons. The van der Waals surface area contributed by atoms with E-state index in [9.17, 15) is 5.11 Å². The first-order valence-electron chi connectivity index (χ1n) is 8.36. The third-order valence-electron chi connectivity index (χ3n) is 5.15. The zero-order chi connectivity index (χ0) is 14.7. The maximum atomic E-state index is 10.5. The van der Waals surface area contributed by atoms with Gasteiger partial charge in [0.1, 0.15) is 0 Å². The van der Waals surface area contributed by atoms with E-state index < -0.39 is 0 Å². The number of morpholine rings is 1. The van der Waals surface area contributed by atoms with Gasteiger partial charge >= 0.3 is 0 Å². The molecule has 1 aromatic rings. The van der Waals surface area contributed by atoms with E-state index in [2.05, 4.69) is 42.2 Å². The highest BCUT2D eigenvalue weighted by Crippen LogP contribution is 2.35. The number of hydrogen-bond donors (Lipinski definition) is 1. The third kappa shape index (κ3) is 3.47. The van der Waals surface area contributed by atoms with Crippen LogP contribution in [-0.2, 0) is 4.74 Å². The lowest BCUT2D eigenvalue weighted by Gasteiger charge is -2.44. The van der Waals surface area contributed by atoms with Crippen LogP contribution in [0, 0.1) is 0 Å². The lowest BCUT2D eigenvalue weighted by atomic mass is 9.79. The Bertz CT molecular complexity index is 436. The average Bonchev–Trinajstić information content (AvgIpc) is 2.56. The molecule has 0 bridgehead atoms. The van der Waals surface area contributed by atoms with Crippen LogP contribution in [0.25, 0.3) is 0 Å². The highest BCUT2D eigenvalue weighted by Gasteiger charge is 2.35. The zero-order valence-corrected chi connectivity index (χ0v) is 12.9. The summed E-state index contributed by atoms with van der Waals surface area (Å²) in [5, 5.41) is 10.5. The molecule has 1 saturated heterocycles. The van der Waals surface area contributed by atoms with E-state index in [1.54, 1.807) is 0 Å². The van der Waals surface area contributed by atoms with Crippen molar-refractivity contribution >= 4 is 0 Å². The number of hydrogen-bond acceptors (Lipinski definition) is 3. The predicted octanol–water partition coefficient (Wildman–Crippen LogP) is 2.79. The van der Waals surface area contributed by atoms with Gasteiger partial charge in [-0.25, -0.2) is 0 Å². The highest BCUT2D eigenvalue weighted by atomic mass is 16.5. The summed E-state index contributed by atoms with van der Waals surface area (Å²) in [5.41, 5.74) is 1.43. The number of nitrogens with zero attached hydrogens (tertiary/aromatic N) is 1. The summed E-state index contributed by atoms with van der Waals surface area (Å²) in [6.45, 7) is 4.91. The summed E-state index contributed by atoms with van der Waals surface area (Å²) >= 11 is 0. The van der Waals surface area contributed by atoms with Crippen LogP contribution in [0.5, 0.6) is 0 Å². The van der Waals surface area contributed by atoms with Crippen molar-refractivity contribution in [3.63, 3.8) is 0 Å². The summed E-state index contributed by atoms with van der Waals surface area (Å²) in [7, 11) is 0. The fourth-order valence-corrected chi connectivity index (χ4v) is 3.84. The van der Waals surface area contributed by atoms with Gasteiger partial charge in [-0.2, -0.15) is 0 Å². The van der Waals surface area contributed by atoms with Crippen LogP contribution in [0.15, 0.2) is 30.3 Å². The van der Waals surface area contributed by atoms with Crippen molar-refractivity contribution in [3.05, 3.63) is 35.9 Å². The number of aliphatic hydroxyl groups excluding tert-OH is 1. The fraction of sp³-hybridized carbons (Fsp3) is 0.667. The molecule has 116 valence electrons. The second-order valence-electron chi connectivity index (χ2n) is 6.45. The predicted molar refractivity (Wildman–Crippen MR) is 84.4 cm³/mol. The van der Waals surface area contributed by atoms with E-state index in [-0.39, 0.29) is 6.10 Å². The van der Waals surface area contributed by atoms with Crippen LogP contribution in [0.3, 0.4) is 0 Å². The van der Waals surface area contributed by atoms with Crippen LogP contribution in [-0.4, -0.2) is 48.0 Å². The molecule has 4 atom stereocenters. The average molecular weight is 289 g/mol. The molecule has 1 aliphatic heterocycles. The summed E-state index contributed by atoms with van der Waals surface area (Å²) in [6.07, 6.45) is 4.30. The van der Waals surface area contributed by atoms with Gasteiger partial charge < -0.3 is 9.84 Å². The monoisotopic (exact) mass is 289 g/mol. The van der Waals surface area contributed by atoms with Gasteiger partial charge in [0.15, 0.2) is 0 Å². The van der Waals surface area contributed by atoms with Crippen molar-refractivity contribution in [1.29, 1.82) is 0 Å². The van der Waals surface area contributed by atoms with E-state index in [4.69, 9.17) is 4.74 Å². The molecule has 1 aromatic carbocycles. The zero-order valence-electron chi connectivity index (χ0n) is 12.9. The van der Waals surface area contributed by atoms with Gasteiger partial charge in [0.2, 0.25) is 0 Å². The van der Waals surface area contributed by atoms with E-state index in [1.807, 2.05) is 0 Å². The molecule has 0 spiro atoms. The summed E-state index contributed by atoms with van der Waals surface area (Å²) in [6, 6.07) is 11.1. The maximum absolute atomic E-state index is 10.5. The third-order valence-corrected chi connectivity index (χ3v) is 5.15. The van der Waals surface area contributed by atoms with Crippen molar-refractivity contribution < 1.29 is 9.84 Å². The molecule has 4 unspecified atom stereocenters. The van der Waals surface area contributed by atoms with Gasteiger partial charge in [-0.05, 0) is 37.2 Å². The van der Waals surface area contributed by atoms with Crippen molar-refractivity contribution in [2.75, 3.05) is 19.7 Å². The minimum absolute atomic E-state index is 0.180. The first-order chi connectivity index (χ1) is 10.3. The molecular formula is C18H27NO2. The Labute approximate surface area is 127 Å². The summed E-state index contributed by atoms with van der Waals surface area (Å²) in [4.78, 5) is 2.47. The quantitative estimate of drug-likeness (QED) is 0.929. The van der Waals surface area contributed by atoms with Crippen LogP contribution in [0.4, 0.5) is 0 Å². The Hall–Kier alpha value is -0.900. The van der Waals surface area contributed by atoms with Crippen molar-refractivity contribution in [3.8, 4) is 0 Å². The van der Waals surface area contributed by atoms with Gasteiger partial charge in [-0.3, -0.25) is 4.90 Å². The Kier molecular flexibility index (Phi) is 4.94. The molecule has 0 amide bonds. The Morgan fingerprint density at radius 1 is 1.24 bits per heavy atom. The Morgan fingerprint density at radius 2 is 2.05 bits per heavy atom. The number of rotatable bonds is 3. The molecule has 3 heteroatoms. The van der Waals surface area contributed by atoms with Crippen LogP contribution in [0.1, 0.15) is 44.1 Å². The Morgan fingerprint density at radius 3 is 2.81 bits per heavy atom. The van der Waals surface area contributed by atoms with E-state index in [1.165, 1.54) is 5.56 Å². The topological polar surface area (TPSA) is 32.7 Å². The number of aliphatic hydroxyl groups is 1. The standard InChI is InChI=1S/C18H27NO2/c1-2-16-13-19(10-11-21-16)17-12-15(8-9-18(17)20)14-6-4-3-5-7-14/h3-7,15-18,20H,2,8-13H2,1H3. The van der Waals surface area contributed by atoms with Crippen LogP contribution in [0.2, 0.25) is 0 Å². The molecule has 1 heterocycles. The van der Waals surface area contributed by atoms with Crippen molar-refractivity contribution in [2.45, 2.75) is 56.8 Å². The number of benzene rings is 1. The van der Waals surface area contributed by atoms with Crippen LogP contribution >= 0.6 is 0 Å². The molecule has 3 rings (SSSR count). The lowest BCUT2D eigenvalue weighted by molar-refractivity contribution is -0.0760. The summed E-state index contributed by atoms with van der Waals surface area (Å²) < 4.78 is 5.77. The van der Waals surface area contributed by atoms with Gasteiger partial charge in [0, 0.05) is 19.1 Å². The SMILES string of the molecule is CCC1CN(C2CC(c3ccccc3)CCC2O)CCO1. The van der Waals surface area contributed by atoms with Gasteiger partial charge in [0.25, 0.3) is 0 Å². The second-order valence-corrected chi connectivity index (χ2v) is 6.45. The molecule has 2 aliphatic rings. The van der Waals surface area contributed by atoms with Crippen molar-refractivity contribution in [1.82, 2.24) is 4.90 Å². The maximum Gasteiger partial charge on any atom is 0.0700 e. The van der Waals surface area contributed by atoms with E-state index >= 15 is 0 Å². The smallest absolute Gasteiger partial charge is 0.0700 e. The largest absolute Gasteiger partial charge is 0.391 e. The minimum atomic E-state index is -0.180. The number of ether oxygens (including phenoxy) is 1. The first kappa shape index (κ1) is 15.0. The highest BCUT2D eigenvalue weighted by molar-refractivity contribution is 5.20. The van der Waals surface area contributed by atoms with Gasteiger partial charge in [0.05, 0.1) is 18.8 Å². The molecule has 21 heavy (non-hydrogen) atoms. The van der Waals surface area contributed by atoms with Gasteiger partial charge in [-0.1, -0.05) is 37.3 Å². The molecular weight excluding hydrogens is 262 g/mol. The molecule has 2 fully saturated rings. The minimum Gasteiger partial charge on any atom is -0.391 e. The molecule has 3 nitrogen and oxygen atoms in total. The Balaban J connectivity index is 1.69. The van der Waals surface area contributed by atoms with E-state index in [0.29, 0.717) is 18.1 Å². The molecule has 1 aliphatic carbocycles. The van der Waals surface area contributed by atoms with Gasteiger partial charge in [-0.15, -0.1) is 0 Å². The fourth-order valence-electron chi connectivity index (χ4n) is 3.84. The normalized spacial score (nSPS) is 34.8. The molecule has 0 aromatic heterocycles. The second kappa shape index (κ2) is 6.91. The first-order valence-corrected chi connectivity index (χ1v) is 8.36.